The highest BCUT2D eigenvalue weighted by atomic mass is 35.5. The zero-order valence-corrected chi connectivity index (χ0v) is 15.8. The lowest BCUT2D eigenvalue weighted by Crippen LogP contribution is -2.35. The van der Waals surface area contributed by atoms with Crippen LogP contribution in [-0.4, -0.2) is 19.0 Å². The number of rotatable bonds is 6. The van der Waals surface area contributed by atoms with Gasteiger partial charge in [-0.25, -0.2) is 0 Å². The average molecular weight is 371 g/mol. The van der Waals surface area contributed by atoms with Crippen molar-refractivity contribution in [2.24, 2.45) is 17.8 Å². The van der Waals surface area contributed by atoms with Crippen molar-refractivity contribution in [1.29, 1.82) is 0 Å². The maximum Gasteiger partial charge on any atom is 0.220 e. The van der Waals surface area contributed by atoms with Gasteiger partial charge in [0.25, 0.3) is 0 Å². The Hall–Kier alpha value is -0.770. The second kappa shape index (κ2) is 9.07. The third kappa shape index (κ3) is 5.37. The molecule has 0 aromatic heterocycles. The predicted octanol–water partition coefficient (Wildman–Crippen LogP) is 4.35. The fourth-order valence-electron chi connectivity index (χ4n) is 3.68. The first-order valence-electron chi connectivity index (χ1n) is 8.89. The van der Waals surface area contributed by atoms with Crippen LogP contribution in [0.2, 0.25) is 5.02 Å². The molecule has 2 fully saturated rings. The number of nitrogens with one attached hydrogen (secondary N) is 2. The SMILES string of the molecule is CC(CC(=O)NC(c1ccc(Cl)cc1)C1CC1)C1CCNCC1.Cl. The fraction of sp³-hybridized carbons (Fsp3) is 0.632. The minimum atomic E-state index is 0. The number of benzene rings is 1. The van der Waals surface area contributed by atoms with Crippen molar-refractivity contribution in [3.05, 3.63) is 34.9 Å². The minimum Gasteiger partial charge on any atom is -0.349 e. The van der Waals surface area contributed by atoms with E-state index in [1.807, 2.05) is 24.3 Å². The summed E-state index contributed by atoms with van der Waals surface area (Å²) in [6.45, 7) is 4.40. The molecule has 3 rings (SSSR count). The first-order chi connectivity index (χ1) is 11.1. The summed E-state index contributed by atoms with van der Waals surface area (Å²) in [6.07, 6.45) is 5.44. The highest BCUT2D eigenvalue weighted by molar-refractivity contribution is 6.30. The van der Waals surface area contributed by atoms with E-state index in [0.717, 1.165) is 18.1 Å². The third-order valence-corrected chi connectivity index (χ3v) is 5.59. The van der Waals surface area contributed by atoms with E-state index < -0.39 is 0 Å². The van der Waals surface area contributed by atoms with Crippen molar-refractivity contribution in [3.63, 3.8) is 0 Å². The van der Waals surface area contributed by atoms with Crippen molar-refractivity contribution in [1.82, 2.24) is 10.6 Å². The van der Waals surface area contributed by atoms with Gasteiger partial charge in [0.05, 0.1) is 6.04 Å². The molecule has 2 unspecified atom stereocenters. The highest BCUT2D eigenvalue weighted by Crippen LogP contribution is 2.41. The van der Waals surface area contributed by atoms with E-state index >= 15 is 0 Å². The van der Waals surface area contributed by atoms with Crippen LogP contribution < -0.4 is 10.6 Å². The smallest absolute Gasteiger partial charge is 0.220 e. The number of hydrogen-bond acceptors (Lipinski definition) is 2. The van der Waals surface area contributed by atoms with Crippen molar-refractivity contribution in [3.8, 4) is 0 Å². The van der Waals surface area contributed by atoms with Crippen LogP contribution in [0.15, 0.2) is 24.3 Å². The van der Waals surface area contributed by atoms with Crippen LogP contribution in [0, 0.1) is 17.8 Å². The summed E-state index contributed by atoms with van der Waals surface area (Å²) in [5.41, 5.74) is 1.18. The van der Waals surface area contributed by atoms with Crippen LogP contribution in [-0.2, 0) is 4.79 Å². The van der Waals surface area contributed by atoms with Gasteiger partial charge in [0.1, 0.15) is 0 Å². The van der Waals surface area contributed by atoms with Gasteiger partial charge in [0.2, 0.25) is 5.91 Å². The van der Waals surface area contributed by atoms with Crippen LogP contribution in [0.1, 0.15) is 50.6 Å². The zero-order valence-electron chi connectivity index (χ0n) is 14.3. The van der Waals surface area contributed by atoms with Crippen LogP contribution >= 0.6 is 24.0 Å². The molecular formula is C19H28Cl2N2O. The number of amides is 1. The van der Waals surface area contributed by atoms with Gasteiger partial charge >= 0.3 is 0 Å². The Labute approximate surface area is 156 Å². The van der Waals surface area contributed by atoms with Gasteiger partial charge in [0, 0.05) is 11.4 Å². The second-order valence-corrected chi connectivity index (χ2v) is 7.64. The molecule has 2 aliphatic rings. The van der Waals surface area contributed by atoms with Gasteiger partial charge in [-0.15, -0.1) is 12.4 Å². The number of halogens is 2. The lowest BCUT2D eigenvalue weighted by Gasteiger charge is -2.28. The van der Waals surface area contributed by atoms with Gasteiger partial charge in [0.15, 0.2) is 0 Å². The van der Waals surface area contributed by atoms with E-state index in [2.05, 4.69) is 17.6 Å². The quantitative estimate of drug-likeness (QED) is 0.780. The van der Waals surface area contributed by atoms with E-state index in [4.69, 9.17) is 11.6 Å². The van der Waals surface area contributed by atoms with Gasteiger partial charge in [-0.05, 0) is 74.2 Å². The van der Waals surface area contributed by atoms with E-state index in [-0.39, 0.29) is 24.4 Å². The fourth-order valence-corrected chi connectivity index (χ4v) is 3.80. The Kier molecular flexibility index (Phi) is 7.39. The summed E-state index contributed by atoms with van der Waals surface area (Å²) in [7, 11) is 0. The molecule has 1 saturated heterocycles. The molecule has 5 heteroatoms. The van der Waals surface area contributed by atoms with Crippen LogP contribution in [0.3, 0.4) is 0 Å². The molecule has 1 saturated carbocycles. The molecule has 1 aliphatic carbocycles. The monoisotopic (exact) mass is 370 g/mol. The summed E-state index contributed by atoms with van der Waals surface area (Å²) in [4.78, 5) is 12.5. The van der Waals surface area contributed by atoms with E-state index in [9.17, 15) is 4.79 Å². The number of carbonyl (C=O) groups excluding carboxylic acids is 1. The molecule has 0 radical (unpaired) electrons. The predicted molar refractivity (Wildman–Crippen MR) is 102 cm³/mol. The Bertz CT molecular complexity index is 525. The first kappa shape index (κ1) is 19.6. The Balaban J connectivity index is 0.00000208. The minimum absolute atomic E-state index is 0. The topological polar surface area (TPSA) is 41.1 Å². The van der Waals surface area contributed by atoms with Gasteiger partial charge in [-0.3, -0.25) is 4.79 Å². The van der Waals surface area contributed by atoms with Gasteiger partial charge in [-0.2, -0.15) is 0 Å². The summed E-state index contributed by atoms with van der Waals surface area (Å²) < 4.78 is 0. The number of carbonyl (C=O) groups is 1. The van der Waals surface area contributed by atoms with Crippen LogP contribution in [0.4, 0.5) is 0 Å². The lowest BCUT2D eigenvalue weighted by atomic mass is 9.84. The van der Waals surface area contributed by atoms with Gasteiger partial charge in [-0.1, -0.05) is 30.7 Å². The van der Waals surface area contributed by atoms with Crippen molar-refractivity contribution < 1.29 is 4.79 Å². The molecule has 1 amide bonds. The van der Waals surface area contributed by atoms with E-state index in [0.29, 0.717) is 24.2 Å². The van der Waals surface area contributed by atoms with Crippen molar-refractivity contribution in [2.45, 2.75) is 45.1 Å². The number of piperidine rings is 1. The Morgan fingerprint density at radius 2 is 1.79 bits per heavy atom. The molecule has 1 aromatic rings. The second-order valence-electron chi connectivity index (χ2n) is 7.20. The van der Waals surface area contributed by atoms with Crippen molar-refractivity contribution in [2.75, 3.05) is 13.1 Å². The van der Waals surface area contributed by atoms with E-state index in [1.54, 1.807) is 0 Å². The molecule has 24 heavy (non-hydrogen) atoms. The summed E-state index contributed by atoms with van der Waals surface area (Å²) in [6, 6.07) is 8.07. The molecule has 0 bridgehead atoms. The largest absolute Gasteiger partial charge is 0.349 e. The molecule has 0 spiro atoms. The van der Waals surface area contributed by atoms with Crippen LogP contribution in [0.25, 0.3) is 0 Å². The zero-order chi connectivity index (χ0) is 16.2. The Morgan fingerprint density at radius 3 is 2.38 bits per heavy atom. The molecule has 2 atom stereocenters. The molecule has 2 N–H and O–H groups in total. The first-order valence-corrected chi connectivity index (χ1v) is 9.27. The number of hydrogen-bond donors (Lipinski definition) is 2. The normalized spacial score (nSPS) is 20.8. The maximum atomic E-state index is 12.5. The third-order valence-electron chi connectivity index (χ3n) is 5.33. The Morgan fingerprint density at radius 1 is 1.17 bits per heavy atom. The van der Waals surface area contributed by atoms with Crippen LogP contribution in [0.5, 0.6) is 0 Å². The lowest BCUT2D eigenvalue weighted by molar-refractivity contribution is -0.123. The molecular weight excluding hydrogens is 343 g/mol. The summed E-state index contributed by atoms with van der Waals surface area (Å²) in [5, 5.41) is 7.42. The van der Waals surface area contributed by atoms with Crippen molar-refractivity contribution >= 4 is 29.9 Å². The molecule has 1 heterocycles. The molecule has 1 aromatic carbocycles. The molecule has 3 nitrogen and oxygen atoms in total. The summed E-state index contributed by atoms with van der Waals surface area (Å²) >= 11 is 5.98. The maximum absolute atomic E-state index is 12.5. The molecule has 134 valence electrons. The highest BCUT2D eigenvalue weighted by Gasteiger charge is 2.34. The van der Waals surface area contributed by atoms with E-state index in [1.165, 1.54) is 31.2 Å². The standard InChI is InChI=1S/C19H27ClN2O.ClH/c1-13(14-8-10-21-11-9-14)12-18(23)22-19(15-2-3-15)16-4-6-17(20)7-5-16;/h4-7,13-15,19,21H,2-3,8-12H2,1H3,(H,22,23);1H. The van der Waals surface area contributed by atoms with Gasteiger partial charge < -0.3 is 10.6 Å². The molecule has 1 aliphatic heterocycles. The average Bonchev–Trinajstić information content (AvgIpc) is 3.39. The summed E-state index contributed by atoms with van der Waals surface area (Å²) in [5.74, 6) is 1.93.